The Kier molecular flexibility index (Phi) is 5.46. The number of ether oxygens (including phenoxy) is 1. The van der Waals surface area contributed by atoms with E-state index in [-0.39, 0.29) is 10.7 Å². The van der Waals surface area contributed by atoms with Gasteiger partial charge >= 0.3 is 5.97 Å². The molecule has 0 saturated heterocycles. The second kappa shape index (κ2) is 7.81. The number of nitrogens with one attached hydrogen (secondary N) is 2. The van der Waals surface area contributed by atoms with E-state index in [4.69, 9.17) is 4.74 Å². The second-order valence-electron chi connectivity index (χ2n) is 6.28. The number of amides is 1. The van der Waals surface area contributed by atoms with E-state index in [1.54, 1.807) is 30.3 Å². The number of anilines is 1. The lowest BCUT2D eigenvalue weighted by Crippen LogP contribution is -2.28. The minimum Gasteiger partial charge on any atom is -0.454 e. The molecule has 0 unspecified atom stereocenters. The smallest absolute Gasteiger partial charge is 0.331 e. The first-order valence-electron chi connectivity index (χ1n) is 8.49. The SMILES string of the molecule is Cc1ccc(NC(=O)COC(=O)[C@H](C)N=C2NS(=O)(=O)c3ccccc32)cc1. The number of carbonyl (C=O) groups excluding carboxylic acids is 2. The van der Waals surface area contributed by atoms with Gasteiger partial charge in [-0.1, -0.05) is 29.8 Å². The van der Waals surface area contributed by atoms with Crippen LogP contribution < -0.4 is 10.0 Å². The fourth-order valence-corrected chi connectivity index (χ4v) is 3.81. The van der Waals surface area contributed by atoms with Gasteiger partial charge in [0.05, 0.1) is 4.90 Å². The number of aryl methyl sites for hydroxylation is 1. The summed E-state index contributed by atoms with van der Waals surface area (Å²) in [6, 6.07) is 12.5. The first-order valence-corrected chi connectivity index (χ1v) is 9.98. The maximum absolute atomic E-state index is 12.1. The molecule has 3 rings (SSSR count). The lowest BCUT2D eigenvalue weighted by molar-refractivity contribution is -0.148. The number of hydrogen-bond acceptors (Lipinski definition) is 6. The zero-order valence-electron chi connectivity index (χ0n) is 15.3. The molecule has 1 heterocycles. The number of aliphatic imine (C=N–C) groups is 1. The highest BCUT2D eigenvalue weighted by atomic mass is 32.2. The van der Waals surface area contributed by atoms with Crippen LogP contribution in [0.15, 0.2) is 58.4 Å². The topological polar surface area (TPSA) is 114 Å². The summed E-state index contributed by atoms with van der Waals surface area (Å²) >= 11 is 0. The van der Waals surface area contributed by atoms with Crippen molar-refractivity contribution in [1.29, 1.82) is 0 Å². The van der Waals surface area contributed by atoms with E-state index in [0.29, 0.717) is 11.3 Å². The van der Waals surface area contributed by atoms with Crippen LogP contribution in [0, 0.1) is 6.92 Å². The zero-order valence-corrected chi connectivity index (χ0v) is 16.1. The number of nitrogens with zero attached hydrogens (tertiary/aromatic N) is 1. The van der Waals surface area contributed by atoms with E-state index in [1.165, 1.54) is 13.0 Å². The van der Waals surface area contributed by atoms with Gasteiger partial charge in [0, 0.05) is 11.3 Å². The predicted octanol–water partition coefficient (Wildman–Crippen LogP) is 1.60. The van der Waals surface area contributed by atoms with E-state index < -0.39 is 34.5 Å². The normalized spacial score (nSPS) is 16.7. The van der Waals surface area contributed by atoms with Crippen LogP contribution in [0.2, 0.25) is 0 Å². The number of amidine groups is 1. The van der Waals surface area contributed by atoms with E-state index in [1.807, 2.05) is 19.1 Å². The summed E-state index contributed by atoms with van der Waals surface area (Å²) in [5.74, 6) is -1.15. The number of carbonyl (C=O) groups is 2. The number of fused-ring (bicyclic) bond motifs is 1. The number of rotatable bonds is 5. The van der Waals surface area contributed by atoms with E-state index in [9.17, 15) is 18.0 Å². The van der Waals surface area contributed by atoms with E-state index in [2.05, 4.69) is 15.0 Å². The van der Waals surface area contributed by atoms with Crippen molar-refractivity contribution in [3.8, 4) is 0 Å². The van der Waals surface area contributed by atoms with Crippen LogP contribution in [0.3, 0.4) is 0 Å². The van der Waals surface area contributed by atoms with Gasteiger partial charge in [-0.2, -0.15) is 0 Å². The molecule has 1 aliphatic rings. The van der Waals surface area contributed by atoms with Crippen LogP contribution in [0.5, 0.6) is 0 Å². The maximum atomic E-state index is 12.1. The number of benzene rings is 2. The van der Waals surface area contributed by atoms with Gasteiger partial charge in [-0.15, -0.1) is 0 Å². The quantitative estimate of drug-likeness (QED) is 0.739. The largest absolute Gasteiger partial charge is 0.454 e. The first-order chi connectivity index (χ1) is 13.3. The van der Waals surface area contributed by atoms with E-state index >= 15 is 0 Å². The summed E-state index contributed by atoms with van der Waals surface area (Å²) in [4.78, 5) is 28.2. The monoisotopic (exact) mass is 401 g/mol. The van der Waals surface area contributed by atoms with Crippen molar-refractivity contribution in [3.63, 3.8) is 0 Å². The third-order valence-corrected chi connectivity index (χ3v) is 5.40. The molecule has 0 aliphatic carbocycles. The molecule has 0 saturated carbocycles. The molecule has 0 bridgehead atoms. The molecular formula is C19H19N3O5S. The lowest BCUT2D eigenvalue weighted by atomic mass is 10.2. The molecule has 2 aromatic carbocycles. The average Bonchev–Trinajstić information content (AvgIpc) is 2.92. The van der Waals surface area contributed by atoms with Crippen LogP contribution in [-0.2, 0) is 24.3 Å². The Morgan fingerprint density at radius 1 is 1.14 bits per heavy atom. The van der Waals surface area contributed by atoms with Crippen molar-refractivity contribution >= 4 is 33.4 Å². The van der Waals surface area contributed by atoms with Crippen molar-refractivity contribution in [2.75, 3.05) is 11.9 Å². The molecule has 1 aliphatic heterocycles. The summed E-state index contributed by atoms with van der Waals surface area (Å²) in [5, 5.41) is 2.62. The third kappa shape index (κ3) is 4.37. The molecular weight excluding hydrogens is 382 g/mol. The number of sulfonamides is 1. The van der Waals surface area contributed by atoms with Crippen LogP contribution >= 0.6 is 0 Å². The molecule has 2 aromatic rings. The summed E-state index contributed by atoms with van der Waals surface area (Å²) in [5.41, 5.74) is 2.04. The van der Waals surface area contributed by atoms with Crippen LogP contribution in [0.1, 0.15) is 18.1 Å². The van der Waals surface area contributed by atoms with Gasteiger partial charge in [-0.05, 0) is 38.1 Å². The van der Waals surface area contributed by atoms with Gasteiger partial charge in [-0.3, -0.25) is 14.5 Å². The van der Waals surface area contributed by atoms with Crippen molar-refractivity contribution in [2.24, 2.45) is 4.99 Å². The number of esters is 1. The van der Waals surface area contributed by atoms with Crippen molar-refractivity contribution in [3.05, 3.63) is 59.7 Å². The summed E-state index contributed by atoms with van der Waals surface area (Å²) in [7, 11) is -3.69. The highest BCUT2D eigenvalue weighted by Crippen LogP contribution is 2.22. The Morgan fingerprint density at radius 3 is 2.54 bits per heavy atom. The lowest BCUT2D eigenvalue weighted by Gasteiger charge is -2.10. The maximum Gasteiger partial charge on any atom is 0.331 e. The van der Waals surface area contributed by atoms with Crippen LogP contribution in [-0.4, -0.2) is 38.8 Å². The molecule has 9 heteroatoms. The minimum atomic E-state index is -3.69. The number of hydrogen-bond donors (Lipinski definition) is 2. The predicted molar refractivity (Wildman–Crippen MR) is 104 cm³/mol. The van der Waals surface area contributed by atoms with E-state index in [0.717, 1.165) is 5.56 Å². The Hall–Kier alpha value is -3.20. The van der Waals surface area contributed by atoms with Gasteiger partial charge < -0.3 is 10.1 Å². The molecule has 28 heavy (non-hydrogen) atoms. The standard InChI is InChI=1S/C19H19N3O5S/c1-12-7-9-14(10-8-12)21-17(23)11-27-19(24)13(2)20-18-15-5-3-4-6-16(15)28(25,26)22-18/h3-10,13H,11H2,1-2H3,(H,20,22)(H,21,23)/t13-/m0/s1. The highest BCUT2D eigenvalue weighted by Gasteiger charge is 2.31. The third-order valence-electron chi connectivity index (χ3n) is 4.01. The zero-order chi connectivity index (χ0) is 20.3. The van der Waals surface area contributed by atoms with Crippen LogP contribution in [0.25, 0.3) is 0 Å². The molecule has 0 spiro atoms. The van der Waals surface area contributed by atoms with Crippen LogP contribution in [0.4, 0.5) is 5.69 Å². The van der Waals surface area contributed by atoms with Gasteiger partial charge in [-0.25, -0.2) is 13.2 Å². The molecule has 8 nitrogen and oxygen atoms in total. The van der Waals surface area contributed by atoms with Gasteiger partial charge in [0.15, 0.2) is 6.61 Å². The molecule has 2 N–H and O–H groups in total. The Labute approximate surface area is 162 Å². The summed E-state index contributed by atoms with van der Waals surface area (Å²) < 4.78 is 31.4. The summed E-state index contributed by atoms with van der Waals surface area (Å²) in [6.07, 6.45) is 0. The highest BCUT2D eigenvalue weighted by molar-refractivity contribution is 7.90. The Morgan fingerprint density at radius 2 is 1.82 bits per heavy atom. The van der Waals surface area contributed by atoms with Crippen molar-refractivity contribution < 1.29 is 22.7 Å². The fourth-order valence-electron chi connectivity index (χ4n) is 2.57. The molecule has 1 amide bonds. The van der Waals surface area contributed by atoms with Gasteiger partial charge in [0.1, 0.15) is 11.9 Å². The second-order valence-corrected chi connectivity index (χ2v) is 7.93. The molecule has 1 atom stereocenters. The fraction of sp³-hybridized carbons (Fsp3) is 0.211. The Balaban J connectivity index is 1.60. The first kappa shape index (κ1) is 19.6. The minimum absolute atomic E-state index is 0.0733. The molecule has 0 aromatic heterocycles. The molecule has 0 fully saturated rings. The van der Waals surface area contributed by atoms with Crippen molar-refractivity contribution in [1.82, 2.24) is 4.72 Å². The molecule has 146 valence electrons. The Bertz CT molecular complexity index is 1050. The molecule has 0 radical (unpaired) electrons. The van der Waals surface area contributed by atoms with Crippen molar-refractivity contribution in [2.45, 2.75) is 24.8 Å². The average molecular weight is 401 g/mol. The summed E-state index contributed by atoms with van der Waals surface area (Å²) in [6.45, 7) is 2.92. The van der Waals surface area contributed by atoms with Gasteiger partial charge in [0.25, 0.3) is 15.9 Å². The van der Waals surface area contributed by atoms with Gasteiger partial charge in [0.2, 0.25) is 0 Å².